The molecule has 1 rings (SSSR count). The first-order valence-electron chi connectivity index (χ1n) is 4.07. The van der Waals surface area contributed by atoms with Gasteiger partial charge in [-0.3, -0.25) is 0 Å². The second-order valence-corrected chi connectivity index (χ2v) is 4.06. The molecular formula is C10H12ClFO. The lowest BCUT2D eigenvalue weighted by Crippen LogP contribution is -2.28. The number of para-hydroxylation sites is 1. The predicted molar refractivity (Wildman–Crippen MR) is 52.2 cm³/mol. The van der Waals surface area contributed by atoms with Gasteiger partial charge in [0.25, 0.3) is 0 Å². The zero-order valence-electron chi connectivity index (χ0n) is 7.47. The van der Waals surface area contributed by atoms with Crippen molar-refractivity contribution >= 4 is 11.6 Å². The highest BCUT2D eigenvalue weighted by Gasteiger charge is 2.21. The van der Waals surface area contributed by atoms with E-state index in [4.69, 9.17) is 16.3 Å². The minimum Gasteiger partial charge on any atom is -0.492 e. The van der Waals surface area contributed by atoms with Crippen LogP contribution in [-0.2, 0) is 0 Å². The van der Waals surface area contributed by atoms with Crippen LogP contribution in [0.15, 0.2) is 30.3 Å². The highest BCUT2D eigenvalue weighted by atomic mass is 35.5. The van der Waals surface area contributed by atoms with Gasteiger partial charge in [-0.1, -0.05) is 18.2 Å². The van der Waals surface area contributed by atoms with Gasteiger partial charge in [0.1, 0.15) is 23.9 Å². The summed E-state index contributed by atoms with van der Waals surface area (Å²) in [4.78, 5) is -0.921. The Labute approximate surface area is 82.5 Å². The molecule has 13 heavy (non-hydrogen) atoms. The molecule has 0 aliphatic carbocycles. The summed E-state index contributed by atoms with van der Waals surface area (Å²) in [6.07, 6.45) is 0. The summed E-state index contributed by atoms with van der Waals surface area (Å²) in [7, 11) is 0. The van der Waals surface area contributed by atoms with E-state index in [1.165, 1.54) is 0 Å². The molecule has 0 spiro atoms. The van der Waals surface area contributed by atoms with Crippen LogP contribution in [0, 0.1) is 0 Å². The minimum atomic E-state index is -0.921. The quantitative estimate of drug-likeness (QED) is 0.682. The van der Waals surface area contributed by atoms with E-state index in [1.54, 1.807) is 6.92 Å². The molecule has 3 heteroatoms. The zero-order chi connectivity index (χ0) is 9.73. The van der Waals surface area contributed by atoms with Gasteiger partial charge in [0.2, 0.25) is 0 Å². The number of hydrogen-bond acceptors (Lipinski definition) is 1. The fourth-order valence-electron chi connectivity index (χ4n) is 0.789. The van der Waals surface area contributed by atoms with E-state index in [9.17, 15) is 4.39 Å². The van der Waals surface area contributed by atoms with E-state index in [-0.39, 0.29) is 6.61 Å². The van der Waals surface area contributed by atoms with Crippen molar-refractivity contribution in [2.45, 2.75) is 11.8 Å². The molecule has 72 valence electrons. The standard InChI is InChI=1S/C10H12ClFO/c1-10(11,7-12)8-13-9-5-3-2-4-6-9/h2-6H,7-8H2,1H3. The molecular weight excluding hydrogens is 191 g/mol. The van der Waals surface area contributed by atoms with Gasteiger partial charge in [0, 0.05) is 0 Å². The maximum absolute atomic E-state index is 12.3. The number of halogens is 2. The highest BCUT2D eigenvalue weighted by molar-refractivity contribution is 6.23. The van der Waals surface area contributed by atoms with Gasteiger partial charge < -0.3 is 4.74 Å². The molecule has 0 saturated carbocycles. The molecule has 1 aromatic carbocycles. The van der Waals surface area contributed by atoms with Crippen molar-refractivity contribution < 1.29 is 9.13 Å². The first-order valence-corrected chi connectivity index (χ1v) is 4.44. The van der Waals surface area contributed by atoms with Crippen molar-refractivity contribution in [1.29, 1.82) is 0 Å². The van der Waals surface area contributed by atoms with E-state index in [0.29, 0.717) is 5.75 Å². The summed E-state index contributed by atoms with van der Waals surface area (Å²) < 4.78 is 17.6. The first kappa shape index (κ1) is 10.3. The monoisotopic (exact) mass is 202 g/mol. The summed E-state index contributed by atoms with van der Waals surface area (Å²) >= 11 is 5.77. The van der Waals surface area contributed by atoms with E-state index >= 15 is 0 Å². The Bertz CT molecular complexity index is 248. The van der Waals surface area contributed by atoms with Crippen LogP contribution in [0.1, 0.15) is 6.92 Å². The van der Waals surface area contributed by atoms with Crippen LogP contribution in [0.3, 0.4) is 0 Å². The van der Waals surface area contributed by atoms with Crippen molar-refractivity contribution in [3.63, 3.8) is 0 Å². The zero-order valence-corrected chi connectivity index (χ0v) is 8.22. The molecule has 0 aromatic heterocycles. The molecule has 0 heterocycles. The fraction of sp³-hybridized carbons (Fsp3) is 0.400. The van der Waals surface area contributed by atoms with Crippen LogP contribution >= 0.6 is 11.6 Å². The molecule has 1 nitrogen and oxygen atoms in total. The highest BCUT2D eigenvalue weighted by Crippen LogP contribution is 2.17. The Balaban J connectivity index is 2.44. The SMILES string of the molecule is CC(Cl)(CF)COc1ccccc1. The summed E-state index contributed by atoms with van der Waals surface area (Å²) in [5, 5.41) is 0. The second kappa shape index (κ2) is 4.47. The lowest BCUT2D eigenvalue weighted by atomic mass is 10.2. The molecule has 1 unspecified atom stereocenters. The van der Waals surface area contributed by atoms with Crippen LogP contribution in [0.2, 0.25) is 0 Å². The molecule has 0 aliphatic rings. The average molecular weight is 203 g/mol. The number of benzene rings is 1. The maximum Gasteiger partial charge on any atom is 0.119 e. The van der Waals surface area contributed by atoms with Crippen molar-refractivity contribution in [3.8, 4) is 5.75 Å². The third kappa shape index (κ3) is 3.64. The molecule has 0 aliphatic heterocycles. The second-order valence-electron chi connectivity index (χ2n) is 3.15. The van der Waals surface area contributed by atoms with Crippen LogP contribution in [0.5, 0.6) is 5.75 Å². The number of alkyl halides is 2. The molecule has 0 radical (unpaired) electrons. The Kier molecular flexibility index (Phi) is 3.55. The van der Waals surface area contributed by atoms with Crippen molar-refractivity contribution in [1.82, 2.24) is 0 Å². The Morgan fingerprint density at radius 3 is 2.54 bits per heavy atom. The number of ether oxygens (including phenoxy) is 1. The molecule has 1 aromatic rings. The van der Waals surface area contributed by atoms with Crippen LogP contribution < -0.4 is 4.74 Å². The first-order chi connectivity index (χ1) is 6.14. The van der Waals surface area contributed by atoms with E-state index in [2.05, 4.69) is 0 Å². The third-order valence-electron chi connectivity index (χ3n) is 1.56. The fourth-order valence-corrected chi connectivity index (χ4v) is 0.844. The number of rotatable bonds is 4. The van der Waals surface area contributed by atoms with Gasteiger partial charge in [0.15, 0.2) is 0 Å². The minimum absolute atomic E-state index is 0.176. The Morgan fingerprint density at radius 2 is 2.00 bits per heavy atom. The predicted octanol–water partition coefficient (Wildman–Crippen LogP) is 3.03. The third-order valence-corrected chi connectivity index (χ3v) is 1.77. The van der Waals surface area contributed by atoms with Gasteiger partial charge in [-0.2, -0.15) is 0 Å². The van der Waals surface area contributed by atoms with E-state index in [0.717, 1.165) is 0 Å². The lowest BCUT2D eigenvalue weighted by molar-refractivity contribution is 0.246. The summed E-state index contributed by atoms with van der Waals surface area (Å²) in [6, 6.07) is 9.23. The molecule has 0 saturated heterocycles. The van der Waals surface area contributed by atoms with Gasteiger partial charge in [-0.25, -0.2) is 4.39 Å². The summed E-state index contributed by atoms with van der Waals surface area (Å²) in [6.45, 7) is 1.19. The summed E-state index contributed by atoms with van der Waals surface area (Å²) in [5.74, 6) is 0.711. The molecule has 0 fully saturated rings. The van der Waals surface area contributed by atoms with Crippen LogP contribution in [0.4, 0.5) is 4.39 Å². The van der Waals surface area contributed by atoms with Crippen molar-refractivity contribution in [2.75, 3.05) is 13.3 Å². The largest absolute Gasteiger partial charge is 0.492 e. The molecule has 0 amide bonds. The van der Waals surface area contributed by atoms with Crippen molar-refractivity contribution in [3.05, 3.63) is 30.3 Å². The van der Waals surface area contributed by atoms with Gasteiger partial charge in [-0.05, 0) is 19.1 Å². The van der Waals surface area contributed by atoms with E-state index in [1.807, 2.05) is 30.3 Å². The van der Waals surface area contributed by atoms with Crippen LogP contribution in [0.25, 0.3) is 0 Å². The van der Waals surface area contributed by atoms with Gasteiger partial charge in [-0.15, -0.1) is 11.6 Å². The Morgan fingerprint density at radius 1 is 1.38 bits per heavy atom. The topological polar surface area (TPSA) is 9.23 Å². The van der Waals surface area contributed by atoms with Crippen LogP contribution in [-0.4, -0.2) is 18.2 Å². The molecule has 1 atom stereocenters. The average Bonchev–Trinajstić information content (AvgIpc) is 2.17. The number of hydrogen-bond donors (Lipinski definition) is 0. The smallest absolute Gasteiger partial charge is 0.119 e. The van der Waals surface area contributed by atoms with Crippen molar-refractivity contribution in [2.24, 2.45) is 0 Å². The Hall–Kier alpha value is -0.760. The summed E-state index contributed by atoms with van der Waals surface area (Å²) in [5.41, 5.74) is 0. The normalized spacial score (nSPS) is 15.0. The van der Waals surface area contributed by atoms with E-state index < -0.39 is 11.5 Å². The lowest BCUT2D eigenvalue weighted by Gasteiger charge is -2.18. The molecule has 0 bridgehead atoms. The maximum atomic E-state index is 12.3. The van der Waals surface area contributed by atoms with Gasteiger partial charge >= 0.3 is 0 Å². The van der Waals surface area contributed by atoms with Gasteiger partial charge in [0.05, 0.1) is 0 Å². The molecule has 0 N–H and O–H groups in total.